The molecule has 0 rings (SSSR count). The van der Waals surface area contributed by atoms with E-state index in [-0.39, 0.29) is 32.2 Å². The van der Waals surface area contributed by atoms with Gasteiger partial charge in [0.15, 0.2) is 0 Å². The summed E-state index contributed by atoms with van der Waals surface area (Å²) >= 11 is 0. The average Bonchev–Trinajstić information content (AvgIpc) is 3.22. The van der Waals surface area contributed by atoms with Crippen molar-refractivity contribution in [3.8, 4) is 0 Å². The first-order valence-corrected chi connectivity index (χ1v) is 25.5. The fraction of sp³-hybridized carbons (Fsp3) is 0.673. The third-order valence-corrected chi connectivity index (χ3v) is 10.6. The second-order valence-electron chi connectivity index (χ2n) is 16.8. The Kier molecular flexibility index (Phi) is 42.2. The standard InChI is InChI=1S/C52H90NO7P/c1-6-8-10-12-14-16-18-20-22-24-25-26-27-28-29-30-31-33-35-37-39-41-43-45-52(54)60-51(50-59-61(55,56)58-48-46-53(3,4)5)49-57-47-44-42-40-38-36-34-32-23-21-19-17-15-13-11-9-7-2/h8,10,14,16,20-23,25-26,28-29,31,33,37,39,51H,6-7,9,11-13,15,17-19,24,27,30,32,34-36,38,40-50H2,1-5H3/p+1/b10-8-,16-14-,22-20-,23-21-,26-25-,29-28-,33-31-,39-37-. The quantitative estimate of drug-likeness (QED) is 0.0214. The van der Waals surface area contributed by atoms with Crippen LogP contribution in [0.4, 0.5) is 0 Å². The van der Waals surface area contributed by atoms with E-state index < -0.39 is 13.9 Å². The second kappa shape index (κ2) is 44.0. The lowest BCUT2D eigenvalue weighted by Gasteiger charge is -2.24. The molecule has 0 bridgehead atoms. The number of quaternary nitrogens is 1. The molecule has 0 aliphatic heterocycles. The van der Waals surface area contributed by atoms with Gasteiger partial charge < -0.3 is 18.9 Å². The minimum Gasteiger partial charge on any atom is -0.457 e. The Balaban J connectivity index is 4.34. The molecule has 0 aromatic heterocycles. The number of phosphoric acid groups is 1. The maximum Gasteiger partial charge on any atom is 0.472 e. The van der Waals surface area contributed by atoms with Crippen LogP contribution in [0.25, 0.3) is 0 Å². The SMILES string of the molecule is CC/C=C\C/C=C\C/C=C\C/C=C\C/C=C\C/C=C\C/C=C\CCCC(=O)OC(COCCCCCCCC/C=C\CCCCCCCC)COP(=O)(O)OCC[N+](C)(C)C. The largest absolute Gasteiger partial charge is 0.472 e. The molecule has 61 heavy (non-hydrogen) atoms. The average molecular weight is 873 g/mol. The Bertz CT molecular complexity index is 1290. The molecule has 0 saturated carbocycles. The molecule has 0 saturated heterocycles. The van der Waals surface area contributed by atoms with Crippen molar-refractivity contribution in [3.05, 3.63) is 97.2 Å². The van der Waals surface area contributed by atoms with E-state index in [1.165, 1.54) is 77.0 Å². The van der Waals surface area contributed by atoms with Crippen molar-refractivity contribution in [2.45, 2.75) is 174 Å². The molecule has 0 aromatic rings. The predicted molar refractivity (Wildman–Crippen MR) is 261 cm³/mol. The van der Waals surface area contributed by atoms with Crippen molar-refractivity contribution in [1.82, 2.24) is 0 Å². The van der Waals surface area contributed by atoms with Crippen LogP contribution in [-0.4, -0.2) is 75.6 Å². The molecule has 0 aliphatic carbocycles. The van der Waals surface area contributed by atoms with Crippen LogP contribution in [0.15, 0.2) is 97.2 Å². The normalized spacial score (nSPS) is 14.5. The summed E-state index contributed by atoms with van der Waals surface area (Å²) in [5.41, 5.74) is 0. The molecule has 0 aromatic carbocycles. The van der Waals surface area contributed by atoms with Crippen molar-refractivity contribution >= 4 is 13.8 Å². The molecule has 0 amide bonds. The summed E-state index contributed by atoms with van der Waals surface area (Å²) in [6.45, 7) is 5.39. The third kappa shape index (κ3) is 48.3. The van der Waals surface area contributed by atoms with Crippen molar-refractivity contribution in [1.29, 1.82) is 0 Å². The topological polar surface area (TPSA) is 91.3 Å². The second-order valence-corrected chi connectivity index (χ2v) is 18.2. The van der Waals surface area contributed by atoms with Gasteiger partial charge in [0.1, 0.15) is 19.3 Å². The Morgan fingerprint density at radius 2 is 0.951 bits per heavy atom. The zero-order valence-electron chi connectivity index (χ0n) is 39.6. The number of allylic oxidation sites excluding steroid dienone is 16. The van der Waals surface area contributed by atoms with Gasteiger partial charge >= 0.3 is 13.8 Å². The number of esters is 1. The molecule has 1 N–H and O–H groups in total. The fourth-order valence-electron chi connectivity index (χ4n) is 5.95. The molecular formula is C52H91NO7P+. The van der Waals surface area contributed by atoms with Crippen molar-refractivity contribution < 1.29 is 37.3 Å². The van der Waals surface area contributed by atoms with E-state index >= 15 is 0 Å². The first-order valence-electron chi connectivity index (χ1n) is 24.0. The van der Waals surface area contributed by atoms with Crippen molar-refractivity contribution in [2.75, 3.05) is 54.1 Å². The molecule has 0 spiro atoms. The number of unbranched alkanes of at least 4 members (excludes halogenated alkanes) is 13. The lowest BCUT2D eigenvalue weighted by atomic mass is 10.1. The number of carbonyl (C=O) groups is 1. The summed E-state index contributed by atoms with van der Waals surface area (Å²) < 4.78 is 35.0. The first-order chi connectivity index (χ1) is 29.6. The van der Waals surface area contributed by atoms with Gasteiger partial charge in [0.2, 0.25) is 0 Å². The molecule has 8 nitrogen and oxygen atoms in total. The van der Waals surface area contributed by atoms with Gasteiger partial charge in [-0.05, 0) is 89.9 Å². The van der Waals surface area contributed by atoms with Gasteiger partial charge in [-0.3, -0.25) is 13.8 Å². The Morgan fingerprint density at radius 1 is 0.525 bits per heavy atom. The van der Waals surface area contributed by atoms with E-state index in [0.717, 1.165) is 64.2 Å². The van der Waals surface area contributed by atoms with Crippen molar-refractivity contribution in [3.63, 3.8) is 0 Å². The highest BCUT2D eigenvalue weighted by molar-refractivity contribution is 7.47. The highest BCUT2D eigenvalue weighted by atomic mass is 31.2. The monoisotopic (exact) mass is 873 g/mol. The van der Waals surface area contributed by atoms with E-state index in [2.05, 4.69) is 111 Å². The van der Waals surface area contributed by atoms with Gasteiger partial charge in [-0.2, -0.15) is 0 Å². The minimum atomic E-state index is -4.30. The summed E-state index contributed by atoms with van der Waals surface area (Å²) in [6.07, 6.45) is 60.3. The maximum absolute atomic E-state index is 12.7. The Labute approximate surface area is 375 Å². The van der Waals surface area contributed by atoms with E-state index in [1.54, 1.807) is 0 Å². The Hall–Kier alpha value is -2.58. The molecule has 0 aliphatic rings. The molecule has 2 atom stereocenters. The van der Waals surface area contributed by atoms with Crippen LogP contribution < -0.4 is 0 Å². The van der Waals surface area contributed by atoms with Crippen LogP contribution in [0, 0.1) is 0 Å². The van der Waals surface area contributed by atoms with Gasteiger partial charge in [-0.15, -0.1) is 0 Å². The third-order valence-electron chi connectivity index (χ3n) is 9.63. The van der Waals surface area contributed by atoms with Gasteiger partial charge in [-0.1, -0.05) is 169 Å². The molecule has 2 unspecified atom stereocenters. The molecule has 350 valence electrons. The van der Waals surface area contributed by atoms with Crippen molar-refractivity contribution in [2.24, 2.45) is 0 Å². The number of hydrogen-bond donors (Lipinski definition) is 1. The zero-order chi connectivity index (χ0) is 44.8. The molecule has 0 radical (unpaired) electrons. The highest BCUT2D eigenvalue weighted by Crippen LogP contribution is 2.43. The van der Waals surface area contributed by atoms with Crippen LogP contribution in [-0.2, 0) is 27.9 Å². The fourth-order valence-corrected chi connectivity index (χ4v) is 6.69. The van der Waals surface area contributed by atoms with Gasteiger partial charge in [-0.25, -0.2) is 4.57 Å². The maximum atomic E-state index is 12.7. The lowest BCUT2D eigenvalue weighted by Crippen LogP contribution is -2.37. The number of carbonyl (C=O) groups excluding carboxylic acids is 1. The summed E-state index contributed by atoms with van der Waals surface area (Å²) in [5.74, 6) is -0.376. The summed E-state index contributed by atoms with van der Waals surface area (Å²) in [6, 6.07) is 0. The minimum absolute atomic E-state index is 0.0712. The van der Waals surface area contributed by atoms with Gasteiger partial charge in [0, 0.05) is 13.0 Å². The molecule has 0 heterocycles. The van der Waals surface area contributed by atoms with Gasteiger partial charge in [0.25, 0.3) is 0 Å². The zero-order valence-corrected chi connectivity index (χ0v) is 40.5. The number of nitrogens with zero attached hydrogens (tertiary/aromatic N) is 1. The molecule has 0 fully saturated rings. The van der Waals surface area contributed by atoms with Crippen LogP contribution in [0.5, 0.6) is 0 Å². The molecular weight excluding hydrogens is 782 g/mol. The van der Waals surface area contributed by atoms with Crippen LogP contribution >= 0.6 is 7.82 Å². The number of phosphoric ester groups is 1. The summed E-state index contributed by atoms with van der Waals surface area (Å²) in [5, 5.41) is 0. The first kappa shape index (κ1) is 58.4. The number of hydrogen-bond acceptors (Lipinski definition) is 6. The highest BCUT2D eigenvalue weighted by Gasteiger charge is 2.26. The Morgan fingerprint density at radius 3 is 1.44 bits per heavy atom. The predicted octanol–water partition coefficient (Wildman–Crippen LogP) is 14.6. The van der Waals surface area contributed by atoms with E-state index in [1.807, 2.05) is 21.1 Å². The van der Waals surface area contributed by atoms with Gasteiger partial charge in [0.05, 0.1) is 34.4 Å². The lowest BCUT2D eigenvalue weighted by molar-refractivity contribution is -0.870. The number of rotatable bonds is 43. The molecule has 9 heteroatoms. The number of ether oxygens (including phenoxy) is 2. The number of likely N-dealkylation sites (N-methyl/N-ethyl adjacent to an activating group) is 1. The summed E-state index contributed by atoms with van der Waals surface area (Å²) in [4.78, 5) is 22.9. The van der Waals surface area contributed by atoms with E-state index in [9.17, 15) is 14.3 Å². The van der Waals surface area contributed by atoms with Crippen LogP contribution in [0.1, 0.15) is 168 Å². The summed E-state index contributed by atoms with van der Waals surface area (Å²) in [7, 11) is 1.61. The van der Waals surface area contributed by atoms with E-state index in [0.29, 0.717) is 24.1 Å². The van der Waals surface area contributed by atoms with E-state index in [4.69, 9.17) is 18.5 Å². The van der Waals surface area contributed by atoms with Crippen LogP contribution in [0.2, 0.25) is 0 Å². The smallest absolute Gasteiger partial charge is 0.457 e. The van der Waals surface area contributed by atoms with Crippen LogP contribution in [0.3, 0.4) is 0 Å².